The minimum absolute atomic E-state index is 0. The van der Waals surface area contributed by atoms with Crippen molar-refractivity contribution in [2.75, 3.05) is 53.6 Å². The SMILES string of the molecule is COc1cc2c(cc1OC)CN(CC1CCCN(CCCOc3cccc(C)c3)C1)CC2.Cl.Cl. The number of fused-ring (bicyclic) bond motifs is 1. The lowest BCUT2D eigenvalue weighted by molar-refractivity contribution is 0.121. The zero-order chi connectivity index (χ0) is 22.3. The van der Waals surface area contributed by atoms with E-state index in [9.17, 15) is 0 Å². The van der Waals surface area contributed by atoms with E-state index in [1.807, 2.05) is 6.07 Å². The maximum absolute atomic E-state index is 5.94. The maximum atomic E-state index is 5.94. The molecule has 5 nitrogen and oxygen atoms in total. The number of ether oxygens (including phenoxy) is 3. The van der Waals surface area contributed by atoms with Crippen LogP contribution in [0.2, 0.25) is 0 Å². The predicted octanol–water partition coefficient (Wildman–Crippen LogP) is 5.40. The first kappa shape index (κ1) is 28.6. The number of rotatable bonds is 9. The molecule has 1 fully saturated rings. The van der Waals surface area contributed by atoms with Crippen LogP contribution in [0.15, 0.2) is 36.4 Å². The molecule has 2 aliphatic heterocycles. The molecule has 0 bridgehead atoms. The Morgan fingerprint density at radius 3 is 2.44 bits per heavy atom. The number of nitrogens with zero attached hydrogens (tertiary/aromatic N) is 2. The van der Waals surface area contributed by atoms with Crippen molar-refractivity contribution in [1.82, 2.24) is 9.80 Å². The highest BCUT2D eigenvalue weighted by molar-refractivity contribution is 5.85. The molecule has 1 saturated heterocycles. The quantitative estimate of drug-likeness (QED) is 0.422. The van der Waals surface area contributed by atoms with Gasteiger partial charge >= 0.3 is 0 Å². The van der Waals surface area contributed by atoms with Crippen molar-refractivity contribution in [2.24, 2.45) is 5.92 Å². The van der Waals surface area contributed by atoms with Gasteiger partial charge in [-0.1, -0.05) is 12.1 Å². The van der Waals surface area contributed by atoms with Crippen molar-refractivity contribution in [3.05, 3.63) is 53.1 Å². The number of benzene rings is 2. The van der Waals surface area contributed by atoms with Gasteiger partial charge in [0.1, 0.15) is 5.75 Å². The molecule has 0 spiro atoms. The van der Waals surface area contributed by atoms with Gasteiger partial charge in [0.25, 0.3) is 0 Å². The van der Waals surface area contributed by atoms with Crippen molar-refractivity contribution in [1.29, 1.82) is 0 Å². The minimum atomic E-state index is 0. The molecule has 4 rings (SSSR count). The lowest BCUT2D eigenvalue weighted by atomic mass is 9.94. The van der Waals surface area contributed by atoms with Gasteiger partial charge in [-0.15, -0.1) is 24.8 Å². The fraction of sp³-hybridized carbons (Fsp3) is 0.556. The maximum Gasteiger partial charge on any atom is 0.161 e. The molecule has 2 aliphatic rings. The molecule has 190 valence electrons. The van der Waals surface area contributed by atoms with Crippen LogP contribution in [0.5, 0.6) is 17.2 Å². The Hall–Kier alpha value is -1.66. The Morgan fingerprint density at radius 1 is 0.941 bits per heavy atom. The van der Waals surface area contributed by atoms with Gasteiger partial charge in [0, 0.05) is 32.7 Å². The van der Waals surface area contributed by atoms with E-state index in [0.29, 0.717) is 0 Å². The predicted molar refractivity (Wildman–Crippen MR) is 143 cm³/mol. The van der Waals surface area contributed by atoms with Crippen LogP contribution in [-0.4, -0.2) is 63.4 Å². The van der Waals surface area contributed by atoms with E-state index in [4.69, 9.17) is 14.2 Å². The summed E-state index contributed by atoms with van der Waals surface area (Å²) in [6.07, 6.45) is 4.81. The molecule has 0 amide bonds. The first-order chi connectivity index (χ1) is 15.6. The molecule has 0 N–H and O–H groups in total. The van der Waals surface area contributed by atoms with Crippen LogP contribution < -0.4 is 14.2 Å². The molecule has 1 unspecified atom stereocenters. The van der Waals surface area contributed by atoms with Crippen LogP contribution in [0.3, 0.4) is 0 Å². The van der Waals surface area contributed by atoms with E-state index < -0.39 is 0 Å². The summed E-state index contributed by atoms with van der Waals surface area (Å²) in [5.41, 5.74) is 4.03. The van der Waals surface area contributed by atoms with Crippen molar-refractivity contribution in [3.63, 3.8) is 0 Å². The standard InChI is InChI=1S/C27H38N2O3.2ClH/c1-21-7-4-9-25(15-21)32-14-6-12-28-11-5-8-22(18-28)19-29-13-10-23-16-26(30-2)27(31-3)17-24(23)20-29;;/h4,7,9,15-17,22H,5-6,8,10-14,18-20H2,1-3H3;2*1H. The van der Waals surface area contributed by atoms with E-state index in [0.717, 1.165) is 62.2 Å². The summed E-state index contributed by atoms with van der Waals surface area (Å²) in [6.45, 7) is 9.78. The summed E-state index contributed by atoms with van der Waals surface area (Å²) in [5, 5.41) is 0. The summed E-state index contributed by atoms with van der Waals surface area (Å²) in [5.74, 6) is 3.42. The number of hydrogen-bond donors (Lipinski definition) is 0. The number of piperidine rings is 1. The summed E-state index contributed by atoms with van der Waals surface area (Å²) in [6, 6.07) is 12.7. The molecule has 1 atom stereocenters. The number of aryl methyl sites for hydroxylation is 1. The van der Waals surface area contributed by atoms with Crippen LogP contribution in [0.25, 0.3) is 0 Å². The molecule has 34 heavy (non-hydrogen) atoms. The summed E-state index contributed by atoms with van der Waals surface area (Å²) in [4.78, 5) is 5.27. The number of halogens is 2. The first-order valence-electron chi connectivity index (χ1n) is 12.0. The van der Waals surface area contributed by atoms with Crippen LogP contribution in [-0.2, 0) is 13.0 Å². The van der Waals surface area contributed by atoms with Crippen molar-refractivity contribution < 1.29 is 14.2 Å². The Balaban J connectivity index is 0.00000204. The minimum Gasteiger partial charge on any atom is -0.494 e. The average Bonchev–Trinajstić information content (AvgIpc) is 2.81. The van der Waals surface area contributed by atoms with Crippen molar-refractivity contribution in [3.8, 4) is 17.2 Å². The van der Waals surface area contributed by atoms with Gasteiger partial charge in [-0.25, -0.2) is 0 Å². The zero-order valence-electron chi connectivity index (χ0n) is 20.8. The molecule has 2 aromatic carbocycles. The lowest BCUT2D eigenvalue weighted by Gasteiger charge is -2.37. The van der Waals surface area contributed by atoms with Gasteiger partial charge in [-0.3, -0.25) is 4.90 Å². The van der Waals surface area contributed by atoms with Crippen LogP contribution in [0.1, 0.15) is 36.0 Å². The van der Waals surface area contributed by atoms with Gasteiger partial charge in [0.05, 0.1) is 20.8 Å². The van der Waals surface area contributed by atoms with Crippen molar-refractivity contribution in [2.45, 2.75) is 39.2 Å². The van der Waals surface area contributed by atoms with E-state index in [-0.39, 0.29) is 24.8 Å². The topological polar surface area (TPSA) is 34.2 Å². The fourth-order valence-corrected chi connectivity index (χ4v) is 5.15. The lowest BCUT2D eigenvalue weighted by Crippen LogP contribution is -2.42. The second-order valence-electron chi connectivity index (χ2n) is 9.29. The van der Waals surface area contributed by atoms with Gasteiger partial charge in [0.15, 0.2) is 11.5 Å². The Morgan fingerprint density at radius 2 is 1.71 bits per heavy atom. The summed E-state index contributed by atoms with van der Waals surface area (Å²) < 4.78 is 16.9. The van der Waals surface area contributed by atoms with E-state index >= 15 is 0 Å². The molecule has 0 saturated carbocycles. The molecular formula is C27H40Cl2N2O3. The summed E-state index contributed by atoms with van der Waals surface area (Å²) in [7, 11) is 3.43. The molecule has 0 aliphatic carbocycles. The Bertz CT molecular complexity index is 896. The highest BCUT2D eigenvalue weighted by Gasteiger charge is 2.25. The van der Waals surface area contributed by atoms with Crippen LogP contribution >= 0.6 is 24.8 Å². The molecule has 0 aromatic heterocycles. The number of hydrogen-bond acceptors (Lipinski definition) is 5. The van der Waals surface area contributed by atoms with Crippen LogP contribution in [0, 0.1) is 12.8 Å². The van der Waals surface area contributed by atoms with Crippen molar-refractivity contribution >= 4 is 24.8 Å². The van der Waals surface area contributed by atoms with Gasteiger partial charge < -0.3 is 19.1 Å². The second-order valence-corrected chi connectivity index (χ2v) is 9.29. The largest absolute Gasteiger partial charge is 0.494 e. The number of methoxy groups -OCH3 is 2. The molecule has 2 heterocycles. The van der Waals surface area contributed by atoms with Crippen LogP contribution in [0.4, 0.5) is 0 Å². The third-order valence-corrected chi connectivity index (χ3v) is 6.79. The highest BCUT2D eigenvalue weighted by atomic mass is 35.5. The zero-order valence-corrected chi connectivity index (χ0v) is 22.4. The Labute approximate surface area is 217 Å². The smallest absolute Gasteiger partial charge is 0.161 e. The van der Waals surface area contributed by atoms with Gasteiger partial charge in [-0.2, -0.15) is 0 Å². The average molecular weight is 512 g/mol. The van der Waals surface area contributed by atoms with Gasteiger partial charge in [-0.05, 0) is 86.0 Å². The number of likely N-dealkylation sites (tertiary alicyclic amines) is 1. The summed E-state index contributed by atoms with van der Waals surface area (Å²) >= 11 is 0. The van der Waals surface area contributed by atoms with E-state index in [1.54, 1.807) is 14.2 Å². The first-order valence-corrected chi connectivity index (χ1v) is 12.0. The monoisotopic (exact) mass is 510 g/mol. The third-order valence-electron chi connectivity index (χ3n) is 6.79. The molecule has 2 aromatic rings. The Kier molecular flexibility index (Phi) is 11.8. The second kappa shape index (κ2) is 14.0. The highest BCUT2D eigenvalue weighted by Crippen LogP contribution is 2.33. The van der Waals surface area contributed by atoms with Gasteiger partial charge in [0.2, 0.25) is 0 Å². The van der Waals surface area contributed by atoms with E-state index in [1.165, 1.54) is 49.2 Å². The fourth-order valence-electron chi connectivity index (χ4n) is 5.15. The van der Waals surface area contributed by atoms with E-state index in [2.05, 4.69) is 47.1 Å². The molecule has 0 radical (unpaired) electrons. The molecule has 7 heteroatoms. The normalized spacial score (nSPS) is 18.3. The molecular weight excluding hydrogens is 471 g/mol. The third kappa shape index (κ3) is 7.67.